The van der Waals surface area contributed by atoms with Crippen molar-refractivity contribution in [3.05, 3.63) is 47.7 Å². The summed E-state index contributed by atoms with van der Waals surface area (Å²) in [6.45, 7) is 1.49. The summed E-state index contributed by atoms with van der Waals surface area (Å²) in [5.74, 6) is -0.664. The van der Waals surface area contributed by atoms with Gasteiger partial charge in [-0.2, -0.15) is 5.26 Å². The minimum absolute atomic E-state index is 0.0787. The summed E-state index contributed by atoms with van der Waals surface area (Å²) in [4.78, 5) is 30.0. The fourth-order valence-corrected chi connectivity index (χ4v) is 2.94. The zero-order chi connectivity index (χ0) is 21.9. The third kappa shape index (κ3) is 4.78. The van der Waals surface area contributed by atoms with Gasteiger partial charge in [0.15, 0.2) is 5.82 Å². The van der Waals surface area contributed by atoms with Crippen molar-refractivity contribution in [2.75, 3.05) is 16.8 Å². The quantitative estimate of drug-likeness (QED) is 0.789. The first-order valence-electron chi connectivity index (χ1n) is 8.85. The number of fused-ring (bicyclic) bond motifs is 1. The van der Waals surface area contributed by atoms with Crippen LogP contribution in [0.5, 0.6) is 5.75 Å². The summed E-state index contributed by atoms with van der Waals surface area (Å²) in [5.41, 5.74) is 0.929. The van der Waals surface area contributed by atoms with Crippen LogP contribution < -0.4 is 20.3 Å². The number of anilines is 2. The van der Waals surface area contributed by atoms with Gasteiger partial charge >= 0.3 is 12.4 Å². The molecule has 2 aromatic rings. The topological polar surface area (TPSA) is 107 Å². The summed E-state index contributed by atoms with van der Waals surface area (Å²) in [6.07, 6.45) is -4.36. The highest BCUT2D eigenvalue weighted by molar-refractivity contribution is 6.08. The van der Waals surface area contributed by atoms with Gasteiger partial charge in [-0.25, -0.2) is 9.78 Å². The Morgan fingerprint density at radius 2 is 2.03 bits per heavy atom. The summed E-state index contributed by atoms with van der Waals surface area (Å²) in [5, 5.41) is 14.4. The summed E-state index contributed by atoms with van der Waals surface area (Å²) >= 11 is 0. The molecule has 0 aliphatic carbocycles. The van der Waals surface area contributed by atoms with Gasteiger partial charge in [0, 0.05) is 0 Å². The normalized spacial score (nSPS) is 14.2. The maximum absolute atomic E-state index is 12.8. The van der Waals surface area contributed by atoms with E-state index in [-0.39, 0.29) is 23.8 Å². The number of pyridine rings is 1. The number of alkyl halides is 3. The third-order valence-electron chi connectivity index (χ3n) is 4.29. The van der Waals surface area contributed by atoms with Crippen molar-refractivity contribution in [3.8, 4) is 11.8 Å². The van der Waals surface area contributed by atoms with Crippen molar-refractivity contribution in [1.82, 2.24) is 10.3 Å². The maximum atomic E-state index is 12.8. The molecule has 1 atom stereocenters. The van der Waals surface area contributed by atoms with Gasteiger partial charge < -0.3 is 15.4 Å². The van der Waals surface area contributed by atoms with Crippen molar-refractivity contribution in [2.24, 2.45) is 0 Å². The predicted molar refractivity (Wildman–Crippen MR) is 99.6 cm³/mol. The number of carbonyl (C=O) groups is 2. The zero-order valence-corrected chi connectivity index (χ0v) is 15.7. The average Bonchev–Trinajstić information content (AvgIpc) is 2.70. The molecule has 3 rings (SSSR count). The second kappa shape index (κ2) is 8.28. The van der Waals surface area contributed by atoms with Gasteiger partial charge in [0.05, 0.1) is 11.7 Å². The Labute approximate surface area is 169 Å². The van der Waals surface area contributed by atoms with Crippen molar-refractivity contribution in [3.63, 3.8) is 0 Å². The lowest BCUT2D eigenvalue weighted by Gasteiger charge is -2.30. The highest BCUT2D eigenvalue weighted by Gasteiger charge is 2.32. The lowest BCUT2D eigenvalue weighted by Crippen LogP contribution is -2.48. The van der Waals surface area contributed by atoms with Crippen LogP contribution in [0.3, 0.4) is 0 Å². The van der Waals surface area contributed by atoms with Gasteiger partial charge in [0.1, 0.15) is 24.1 Å². The van der Waals surface area contributed by atoms with Crippen molar-refractivity contribution >= 4 is 23.4 Å². The lowest BCUT2D eigenvalue weighted by molar-refractivity contribution is -0.274. The van der Waals surface area contributed by atoms with E-state index in [1.54, 1.807) is 6.92 Å². The number of amides is 3. The standard InChI is InChI=1S/C19H16F3N5O3/c1-2-14(11-3-6-13(7-4-11)30-19(20,21)22)26-18(29)27-10-16(28)25-15-8-5-12(9-23)24-17(15)27/h3-8,14H,2,10H2,1H3,(H,25,28)(H,26,29). The number of ether oxygens (including phenoxy) is 1. The summed E-state index contributed by atoms with van der Waals surface area (Å²) < 4.78 is 40.8. The molecule has 0 bridgehead atoms. The third-order valence-corrected chi connectivity index (χ3v) is 4.29. The van der Waals surface area contributed by atoms with Crippen molar-refractivity contribution < 1.29 is 27.5 Å². The van der Waals surface area contributed by atoms with Crippen LogP contribution in [0.1, 0.15) is 30.6 Å². The molecule has 11 heteroatoms. The second-order valence-corrected chi connectivity index (χ2v) is 6.34. The van der Waals surface area contributed by atoms with Gasteiger partial charge in [0.2, 0.25) is 5.91 Å². The van der Waals surface area contributed by atoms with E-state index in [9.17, 15) is 22.8 Å². The molecule has 0 saturated carbocycles. The van der Waals surface area contributed by atoms with E-state index in [0.29, 0.717) is 17.7 Å². The number of nitriles is 1. The van der Waals surface area contributed by atoms with Crippen LogP contribution in [-0.4, -0.2) is 29.8 Å². The molecular formula is C19H16F3N5O3. The van der Waals surface area contributed by atoms with E-state index >= 15 is 0 Å². The Balaban J connectivity index is 1.79. The highest BCUT2D eigenvalue weighted by Crippen LogP contribution is 2.29. The van der Waals surface area contributed by atoms with Gasteiger partial charge in [-0.15, -0.1) is 13.2 Å². The van der Waals surface area contributed by atoms with Crippen molar-refractivity contribution in [1.29, 1.82) is 5.26 Å². The Kier molecular flexibility index (Phi) is 5.77. The first-order valence-corrected chi connectivity index (χ1v) is 8.85. The number of urea groups is 1. The molecule has 1 unspecified atom stereocenters. The number of hydrogen-bond acceptors (Lipinski definition) is 5. The Morgan fingerprint density at radius 3 is 2.63 bits per heavy atom. The van der Waals surface area contributed by atoms with Gasteiger partial charge in [-0.1, -0.05) is 19.1 Å². The average molecular weight is 419 g/mol. The molecule has 8 nitrogen and oxygen atoms in total. The zero-order valence-electron chi connectivity index (χ0n) is 15.7. The molecule has 1 aliphatic heterocycles. The molecule has 2 heterocycles. The molecule has 1 aromatic carbocycles. The molecule has 2 N–H and O–H groups in total. The van der Waals surface area contributed by atoms with Crippen LogP contribution in [0.4, 0.5) is 29.5 Å². The molecule has 0 radical (unpaired) electrons. The van der Waals surface area contributed by atoms with E-state index in [1.165, 1.54) is 24.3 Å². The monoisotopic (exact) mass is 419 g/mol. The number of rotatable bonds is 4. The predicted octanol–water partition coefficient (Wildman–Crippen LogP) is 3.47. The minimum atomic E-state index is -4.79. The Hall–Kier alpha value is -3.81. The van der Waals surface area contributed by atoms with Crippen LogP contribution in [0.15, 0.2) is 36.4 Å². The maximum Gasteiger partial charge on any atom is 0.573 e. The fourth-order valence-electron chi connectivity index (χ4n) is 2.94. The molecule has 1 aromatic heterocycles. The number of nitrogens with zero attached hydrogens (tertiary/aromatic N) is 3. The first-order chi connectivity index (χ1) is 14.2. The number of carbonyl (C=O) groups excluding carboxylic acids is 2. The van der Waals surface area contributed by atoms with Crippen LogP contribution in [0, 0.1) is 11.3 Å². The number of benzene rings is 1. The molecule has 3 amide bonds. The molecular weight excluding hydrogens is 403 g/mol. The van der Waals surface area contributed by atoms with Gasteiger partial charge in [0.25, 0.3) is 0 Å². The number of hydrogen-bond donors (Lipinski definition) is 2. The summed E-state index contributed by atoms with van der Waals surface area (Å²) in [6, 6.07) is 8.74. The minimum Gasteiger partial charge on any atom is -0.406 e. The van der Waals surface area contributed by atoms with Crippen LogP contribution in [-0.2, 0) is 4.79 Å². The molecule has 156 valence electrons. The van der Waals surface area contributed by atoms with Crippen LogP contribution in [0.2, 0.25) is 0 Å². The molecule has 30 heavy (non-hydrogen) atoms. The van der Waals surface area contributed by atoms with Crippen molar-refractivity contribution in [2.45, 2.75) is 25.7 Å². The largest absolute Gasteiger partial charge is 0.573 e. The Morgan fingerprint density at radius 1 is 1.33 bits per heavy atom. The van der Waals surface area contributed by atoms with E-state index in [4.69, 9.17) is 5.26 Å². The SMILES string of the molecule is CCC(NC(=O)N1CC(=O)Nc2ccc(C#N)nc21)c1ccc(OC(F)(F)F)cc1. The molecule has 0 saturated heterocycles. The van der Waals surface area contributed by atoms with Crippen LogP contribution in [0.25, 0.3) is 0 Å². The highest BCUT2D eigenvalue weighted by atomic mass is 19.4. The summed E-state index contributed by atoms with van der Waals surface area (Å²) in [7, 11) is 0. The van der Waals surface area contributed by atoms with E-state index in [2.05, 4.69) is 20.4 Å². The number of nitrogens with one attached hydrogen (secondary N) is 2. The van der Waals surface area contributed by atoms with Gasteiger partial charge in [-0.3, -0.25) is 9.69 Å². The molecule has 0 fully saturated rings. The molecule has 1 aliphatic rings. The number of aromatic nitrogens is 1. The second-order valence-electron chi connectivity index (χ2n) is 6.34. The van der Waals surface area contributed by atoms with E-state index in [0.717, 1.165) is 17.0 Å². The van der Waals surface area contributed by atoms with E-state index < -0.39 is 24.3 Å². The fraction of sp³-hybridized carbons (Fsp3) is 0.263. The van der Waals surface area contributed by atoms with E-state index in [1.807, 2.05) is 6.07 Å². The number of halogens is 3. The molecule has 0 spiro atoms. The first kappa shape index (κ1) is 20.9. The van der Waals surface area contributed by atoms with Gasteiger partial charge in [-0.05, 0) is 36.2 Å². The Bertz CT molecular complexity index is 1000. The smallest absolute Gasteiger partial charge is 0.406 e. The lowest BCUT2D eigenvalue weighted by atomic mass is 10.0. The van der Waals surface area contributed by atoms with Crippen LogP contribution >= 0.6 is 0 Å².